The van der Waals surface area contributed by atoms with E-state index in [0.29, 0.717) is 5.69 Å². The lowest BCUT2D eigenvalue weighted by Gasteiger charge is -2.06. The van der Waals surface area contributed by atoms with Gasteiger partial charge in [0.15, 0.2) is 0 Å². The van der Waals surface area contributed by atoms with Crippen molar-refractivity contribution in [2.75, 3.05) is 5.32 Å². The van der Waals surface area contributed by atoms with Crippen molar-refractivity contribution in [2.24, 2.45) is 4.99 Å². The number of aromatic hydroxyl groups is 1. The lowest BCUT2D eigenvalue weighted by molar-refractivity contribution is 0.102. The van der Waals surface area contributed by atoms with Crippen LogP contribution in [-0.2, 0) is 0 Å². The number of benzene rings is 2. The number of rotatable bonds is 4. The van der Waals surface area contributed by atoms with Crippen molar-refractivity contribution in [3.8, 4) is 5.75 Å². The third kappa shape index (κ3) is 3.84. The maximum Gasteiger partial charge on any atom is 0.259 e. The minimum atomic E-state index is -0.361. The van der Waals surface area contributed by atoms with Crippen LogP contribution >= 0.6 is 0 Å². The fourth-order valence-electron chi connectivity index (χ4n) is 2.10. The van der Waals surface area contributed by atoms with Gasteiger partial charge in [-0.05, 0) is 42.5 Å². The number of aliphatic imine (C=N–C) groups is 1. The molecule has 0 aliphatic rings. The predicted molar refractivity (Wildman–Crippen MR) is 94.0 cm³/mol. The van der Waals surface area contributed by atoms with Crippen LogP contribution in [-0.4, -0.2) is 22.2 Å². The summed E-state index contributed by atoms with van der Waals surface area (Å²) in [5.74, 6) is -0.410. The summed E-state index contributed by atoms with van der Waals surface area (Å²) in [6, 6.07) is 17.3. The van der Waals surface area contributed by atoms with Crippen LogP contribution in [0.25, 0.3) is 0 Å². The molecule has 3 rings (SSSR count). The number of nitrogens with one attached hydrogen (secondary N) is 1. The molecule has 1 aromatic heterocycles. The first-order valence-corrected chi connectivity index (χ1v) is 7.36. The maximum atomic E-state index is 12.1. The molecule has 5 nitrogen and oxygen atoms in total. The van der Waals surface area contributed by atoms with E-state index in [9.17, 15) is 9.90 Å². The Bertz CT molecular complexity index is 859. The van der Waals surface area contributed by atoms with Crippen molar-refractivity contribution < 1.29 is 9.90 Å². The number of nitrogens with zero attached hydrogens (tertiary/aromatic N) is 2. The van der Waals surface area contributed by atoms with Gasteiger partial charge in [0.1, 0.15) is 5.75 Å². The van der Waals surface area contributed by atoms with Gasteiger partial charge in [-0.25, -0.2) is 0 Å². The van der Waals surface area contributed by atoms with Gasteiger partial charge in [-0.2, -0.15) is 0 Å². The quantitative estimate of drug-likeness (QED) is 0.719. The summed E-state index contributed by atoms with van der Waals surface area (Å²) in [6.45, 7) is 0. The van der Waals surface area contributed by atoms with Gasteiger partial charge in [-0.15, -0.1) is 0 Å². The van der Waals surface area contributed by atoms with E-state index in [0.717, 1.165) is 11.3 Å². The molecule has 0 saturated carbocycles. The topological polar surface area (TPSA) is 74.6 Å². The summed E-state index contributed by atoms with van der Waals surface area (Å²) in [4.78, 5) is 20.5. The summed E-state index contributed by atoms with van der Waals surface area (Å²) in [5.41, 5.74) is 2.54. The van der Waals surface area contributed by atoms with Crippen LogP contribution in [0, 0.1) is 0 Å². The third-order valence-corrected chi connectivity index (χ3v) is 3.32. The second-order valence-electron chi connectivity index (χ2n) is 5.06. The van der Waals surface area contributed by atoms with Crippen LogP contribution < -0.4 is 5.32 Å². The van der Waals surface area contributed by atoms with Crippen LogP contribution in [0.1, 0.15) is 15.9 Å². The molecule has 3 aromatic rings. The molecule has 0 unspecified atom stereocenters. The number of amides is 1. The summed E-state index contributed by atoms with van der Waals surface area (Å²) in [5, 5.41) is 12.4. The zero-order valence-electron chi connectivity index (χ0n) is 12.8. The molecule has 2 aromatic carbocycles. The Morgan fingerprint density at radius 2 is 1.83 bits per heavy atom. The SMILES string of the molecule is O=C(Nc1ccc(N=Cc2cccnc2)cc1)c1ccccc1O. The number of phenols is 1. The molecule has 0 spiro atoms. The van der Waals surface area contributed by atoms with Gasteiger partial charge in [-0.3, -0.25) is 14.8 Å². The van der Waals surface area contributed by atoms with E-state index in [1.165, 1.54) is 6.07 Å². The number of phenolic OH excluding ortho intramolecular Hbond substituents is 1. The molecule has 0 fully saturated rings. The molecule has 0 bridgehead atoms. The first kappa shape index (κ1) is 15.4. The van der Waals surface area contributed by atoms with Crippen molar-refractivity contribution in [3.05, 3.63) is 84.2 Å². The lowest BCUT2D eigenvalue weighted by atomic mass is 10.2. The predicted octanol–water partition coefficient (Wildman–Crippen LogP) is 3.79. The summed E-state index contributed by atoms with van der Waals surface area (Å²) >= 11 is 0. The van der Waals surface area contributed by atoms with E-state index >= 15 is 0 Å². The number of carbonyl (C=O) groups is 1. The summed E-state index contributed by atoms with van der Waals surface area (Å²) in [6.07, 6.45) is 5.16. The monoisotopic (exact) mass is 317 g/mol. The number of carbonyl (C=O) groups excluding carboxylic acids is 1. The van der Waals surface area contributed by atoms with Crippen LogP contribution in [0.4, 0.5) is 11.4 Å². The van der Waals surface area contributed by atoms with Crippen molar-refractivity contribution in [3.63, 3.8) is 0 Å². The Balaban J connectivity index is 1.68. The van der Waals surface area contributed by atoms with E-state index < -0.39 is 0 Å². The van der Waals surface area contributed by atoms with Crippen molar-refractivity contribution in [1.82, 2.24) is 4.98 Å². The molecule has 0 aliphatic heterocycles. The van der Waals surface area contributed by atoms with E-state index in [1.807, 2.05) is 12.1 Å². The van der Waals surface area contributed by atoms with Gasteiger partial charge in [0.05, 0.1) is 11.3 Å². The summed E-state index contributed by atoms with van der Waals surface area (Å²) in [7, 11) is 0. The van der Waals surface area contributed by atoms with Gasteiger partial charge in [0.2, 0.25) is 0 Å². The zero-order chi connectivity index (χ0) is 16.8. The average Bonchev–Trinajstić information content (AvgIpc) is 2.62. The van der Waals surface area contributed by atoms with E-state index in [4.69, 9.17) is 0 Å². The number of pyridine rings is 1. The standard InChI is InChI=1S/C19H15N3O2/c23-18-6-2-1-5-17(18)19(24)22-16-9-7-15(8-10-16)21-13-14-4-3-11-20-12-14/h1-13,23H,(H,22,24). The molecular formula is C19H15N3O2. The zero-order valence-corrected chi connectivity index (χ0v) is 12.8. The molecule has 0 atom stereocenters. The van der Waals surface area contributed by atoms with Crippen LogP contribution in [0.2, 0.25) is 0 Å². The van der Waals surface area contributed by atoms with Gasteiger partial charge in [0.25, 0.3) is 5.91 Å². The van der Waals surface area contributed by atoms with Crippen LogP contribution in [0.3, 0.4) is 0 Å². The summed E-state index contributed by atoms with van der Waals surface area (Å²) < 4.78 is 0. The molecule has 1 amide bonds. The Kier molecular flexibility index (Phi) is 4.62. The Morgan fingerprint density at radius 3 is 2.54 bits per heavy atom. The second kappa shape index (κ2) is 7.19. The van der Waals surface area contributed by atoms with Gasteiger partial charge in [0, 0.05) is 29.9 Å². The molecule has 118 valence electrons. The largest absolute Gasteiger partial charge is 0.507 e. The third-order valence-electron chi connectivity index (χ3n) is 3.32. The van der Waals surface area contributed by atoms with Crippen molar-refractivity contribution in [2.45, 2.75) is 0 Å². The molecule has 24 heavy (non-hydrogen) atoms. The number of para-hydroxylation sites is 1. The van der Waals surface area contributed by atoms with E-state index in [2.05, 4.69) is 15.3 Å². The number of hydrogen-bond acceptors (Lipinski definition) is 4. The van der Waals surface area contributed by atoms with E-state index in [-0.39, 0.29) is 17.2 Å². The highest BCUT2D eigenvalue weighted by Crippen LogP contribution is 2.20. The Labute approximate surface area is 139 Å². The molecule has 1 heterocycles. The van der Waals surface area contributed by atoms with Gasteiger partial charge in [-0.1, -0.05) is 18.2 Å². The van der Waals surface area contributed by atoms with Crippen LogP contribution in [0.15, 0.2) is 78.0 Å². The fraction of sp³-hybridized carbons (Fsp3) is 0. The second-order valence-corrected chi connectivity index (χ2v) is 5.06. The minimum absolute atomic E-state index is 0.0484. The highest BCUT2D eigenvalue weighted by atomic mass is 16.3. The highest BCUT2D eigenvalue weighted by molar-refractivity contribution is 6.06. The highest BCUT2D eigenvalue weighted by Gasteiger charge is 2.10. The van der Waals surface area contributed by atoms with Gasteiger partial charge < -0.3 is 10.4 Å². The van der Waals surface area contributed by atoms with Crippen LogP contribution in [0.5, 0.6) is 5.75 Å². The molecule has 2 N–H and O–H groups in total. The van der Waals surface area contributed by atoms with Crippen molar-refractivity contribution >= 4 is 23.5 Å². The lowest BCUT2D eigenvalue weighted by Crippen LogP contribution is -2.11. The van der Waals surface area contributed by atoms with Gasteiger partial charge >= 0.3 is 0 Å². The number of hydrogen-bond donors (Lipinski definition) is 2. The number of aromatic nitrogens is 1. The molecular weight excluding hydrogens is 302 g/mol. The van der Waals surface area contributed by atoms with E-state index in [1.54, 1.807) is 61.1 Å². The number of anilines is 1. The minimum Gasteiger partial charge on any atom is -0.507 e. The molecule has 0 saturated heterocycles. The molecule has 5 heteroatoms. The normalized spacial score (nSPS) is 10.7. The Morgan fingerprint density at radius 1 is 1.04 bits per heavy atom. The van der Waals surface area contributed by atoms with Crippen molar-refractivity contribution in [1.29, 1.82) is 0 Å². The first-order valence-electron chi connectivity index (χ1n) is 7.36. The fourth-order valence-corrected chi connectivity index (χ4v) is 2.10. The molecule has 0 aliphatic carbocycles. The molecule has 0 radical (unpaired) electrons. The average molecular weight is 317 g/mol. The maximum absolute atomic E-state index is 12.1. The Hall–Kier alpha value is -3.47. The smallest absolute Gasteiger partial charge is 0.259 e. The first-order chi connectivity index (χ1) is 11.7.